The predicted octanol–water partition coefficient (Wildman–Crippen LogP) is 4.22. The number of benzene rings is 2. The van der Waals surface area contributed by atoms with Crippen molar-refractivity contribution in [1.82, 2.24) is 9.97 Å². The van der Waals surface area contributed by atoms with Gasteiger partial charge in [-0.1, -0.05) is 23.7 Å². The Morgan fingerprint density at radius 3 is 2.77 bits per heavy atom. The van der Waals surface area contributed by atoms with E-state index in [1.165, 1.54) is 0 Å². The van der Waals surface area contributed by atoms with Crippen LogP contribution in [0.5, 0.6) is 5.75 Å². The average Bonchev–Trinajstić information content (AvgIpc) is 3.07. The van der Waals surface area contributed by atoms with Gasteiger partial charge in [-0.25, -0.2) is 4.98 Å². The Bertz CT molecular complexity index is 972. The van der Waals surface area contributed by atoms with E-state index in [0.717, 1.165) is 42.9 Å². The molecule has 3 aromatic rings. The van der Waals surface area contributed by atoms with Crippen LogP contribution in [-0.4, -0.2) is 34.4 Å². The SMILES string of the molecule is O=C1CC2(CCN(c3nc4ccccc4[nH]3)CC2)Oc2ccc(Cl)cc21. The summed E-state index contributed by atoms with van der Waals surface area (Å²) in [4.78, 5) is 22.9. The van der Waals surface area contributed by atoms with Crippen LogP contribution in [0.2, 0.25) is 5.02 Å². The molecule has 0 unspecified atom stereocenters. The van der Waals surface area contributed by atoms with Gasteiger partial charge in [-0.05, 0) is 30.3 Å². The largest absolute Gasteiger partial charge is 0.486 e. The number of H-pyrrole nitrogens is 1. The van der Waals surface area contributed by atoms with Gasteiger partial charge in [0.1, 0.15) is 11.4 Å². The monoisotopic (exact) mass is 367 g/mol. The first-order valence-electron chi connectivity index (χ1n) is 8.83. The molecule has 1 saturated heterocycles. The van der Waals surface area contributed by atoms with E-state index in [4.69, 9.17) is 16.3 Å². The highest BCUT2D eigenvalue weighted by Crippen LogP contribution is 2.40. The van der Waals surface area contributed by atoms with Crippen LogP contribution in [-0.2, 0) is 0 Å². The standard InChI is InChI=1S/C20H18ClN3O2/c21-13-5-6-18-14(11-13)17(25)12-20(26-18)7-9-24(10-8-20)19-22-15-3-1-2-4-16(15)23-19/h1-6,11H,7-10,12H2,(H,22,23). The average molecular weight is 368 g/mol. The zero-order valence-corrected chi connectivity index (χ0v) is 14.9. The molecule has 132 valence electrons. The number of aromatic nitrogens is 2. The molecule has 1 spiro atoms. The molecular formula is C20H18ClN3O2. The second kappa shape index (κ2) is 5.74. The fourth-order valence-electron chi connectivity index (χ4n) is 3.96. The van der Waals surface area contributed by atoms with E-state index in [0.29, 0.717) is 22.8 Å². The number of rotatable bonds is 1. The van der Waals surface area contributed by atoms with Gasteiger partial charge >= 0.3 is 0 Å². The Hall–Kier alpha value is -2.53. The maximum absolute atomic E-state index is 12.6. The molecule has 0 saturated carbocycles. The zero-order chi connectivity index (χ0) is 17.7. The van der Waals surface area contributed by atoms with E-state index >= 15 is 0 Å². The topological polar surface area (TPSA) is 58.2 Å². The molecular weight excluding hydrogens is 350 g/mol. The van der Waals surface area contributed by atoms with E-state index in [-0.39, 0.29) is 5.78 Å². The van der Waals surface area contributed by atoms with Gasteiger partial charge < -0.3 is 14.6 Å². The minimum Gasteiger partial charge on any atom is -0.486 e. The Labute approximate surface area is 155 Å². The van der Waals surface area contributed by atoms with Crippen molar-refractivity contribution in [3.05, 3.63) is 53.1 Å². The Balaban J connectivity index is 1.36. The van der Waals surface area contributed by atoms with Crippen LogP contribution in [0.4, 0.5) is 5.95 Å². The highest BCUT2D eigenvalue weighted by Gasteiger charge is 2.43. The molecule has 2 aliphatic heterocycles. The Morgan fingerprint density at radius 2 is 1.96 bits per heavy atom. The van der Waals surface area contributed by atoms with Crippen molar-refractivity contribution in [3.63, 3.8) is 0 Å². The van der Waals surface area contributed by atoms with Gasteiger partial charge in [0.05, 0.1) is 23.0 Å². The van der Waals surface area contributed by atoms with Gasteiger partial charge in [0.2, 0.25) is 5.95 Å². The molecule has 5 nitrogen and oxygen atoms in total. The summed E-state index contributed by atoms with van der Waals surface area (Å²) in [5.74, 6) is 1.66. The third-order valence-electron chi connectivity index (χ3n) is 5.40. The molecule has 2 aromatic carbocycles. The van der Waals surface area contributed by atoms with Crippen molar-refractivity contribution >= 4 is 34.4 Å². The van der Waals surface area contributed by atoms with Gasteiger partial charge in [-0.15, -0.1) is 0 Å². The molecule has 1 aromatic heterocycles. The second-order valence-corrected chi connectivity index (χ2v) is 7.53. The summed E-state index contributed by atoms with van der Waals surface area (Å²) in [6.45, 7) is 1.60. The smallest absolute Gasteiger partial charge is 0.203 e. The van der Waals surface area contributed by atoms with E-state index in [2.05, 4.69) is 14.9 Å². The highest BCUT2D eigenvalue weighted by atomic mass is 35.5. The second-order valence-electron chi connectivity index (χ2n) is 7.09. The summed E-state index contributed by atoms with van der Waals surface area (Å²) < 4.78 is 6.29. The first-order valence-corrected chi connectivity index (χ1v) is 9.21. The number of carbonyl (C=O) groups excluding carboxylic acids is 1. The van der Waals surface area contributed by atoms with E-state index < -0.39 is 5.60 Å². The maximum atomic E-state index is 12.6. The van der Waals surface area contributed by atoms with E-state index in [1.54, 1.807) is 12.1 Å². The number of aromatic amines is 1. The molecule has 26 heavy (non-hydrogen) atoms. The van der Waals surface area contributed by atoms with Crippen molar-refractivity contribution < 1.29 is 9.53 Å². The lowest BCUT2D eigenvalue weighted by Crippen LogP contribution is -2.51. The van der Waals surface area contributed by atoms with Crippen LogP contribution >= 0.6 is 11.6 Å². The number of halogens is 1. The molecule has 5 rings (SSSR count). The molecule has 0 atom stereocenters. The number of carbonyl (C=O) groups is 1. The maximum Gasteiger partial charge on any atom is 0.203 e. The number of imidazole rings is 1. The number of Topliss-reactive ketones (excluding diaryl/α,β-unsaturated/α-hetero) is 1. The minimum absolute atomic E-state index is 0.117. The zero-order valence-electron chi connectivity index (χ0n) is 14.2. The number of piperidine rings is 1. The van der Waals surface area contributed by atoms with Crippen LogP contribution in [0, 0.1) is 0 Å². The summed E-state index contributed by atoms with van der Waals surface area (Å²) in [7, 11) is 0. The number of hydrogen-bond acceptors (Lipinski definition) is 4. The minimum atomic E-state index is -0.416. The molecule has 1 fully saturated rings. The number of fused-ring (bicyclic) bond motifs is 2. The number of ether oxygens (including phenoxy) is 1. The molecule has 3 heterocycles. The van der Waals surface area contributed by atoms with Crippen molar-refractivity contribution in [1.29, 1.82) is 0 Å². The summed E-state index contributed by atoms with van der Waals surface area (Å²) >= 11 is 6.01. The number of para-hydroxylation sites is 2. The van der Waals surface area contributed by atoms with Crippen molar-refractivity contribution in [2.45, 2.75) is 24.9 Å². The normalized spacial score (nSPS) is 18.8. The van der Waals surface area contributed by atoms with Crippen LogP contribution in [0.15, 0.2) is 42.5 Å². The molecule has 6 heteroatoms. The first-order chi connectivity index (χ1) is 12.6. The third kappa shape index (κ3) is 2.54. The van der Waals surface area contributed by atoms with Gasteiger partial charge in [-0.3, -0.25) is 4.79 Å². The predicted molar refractivity (Wildman–Crippen MR) is 101 cm³/mol. The molecule has 0 bridgehead atoms. The van der Waals surface area contributed by atoms with Crippen molar-refractivity contribution in [3.8, 4) is 5.75 Å². The van der Waals surface area contributed by atoms with Crippen molar-refractivity contribution in [2.75, 3.05) is 18.0 Å². The number of ketones is 1. The lowest BCUT2D eigenvalue weighted by atomic mass is 9.82. The summed E-state index contributed by atoms with van der Waals surface area (Å²) in [6.07, 6.45) is 1.99. The summed E-state index contributed by atoms with van der Waals surface area (Å²) in [5.41, 5.74) is 2.19. The number of nitrogens with one attached hydrogen (secondary N) is 1. The lowest BCUT2D eigenvalue weighted by Gasteiger charge is -2.43. The summed E-state index contributed by atoms with van der Waals surface area (Å²) in [5, 5.41) is 0.566. The quantitative estimate of drug-likeness (QED) is 0.699. The van der Waals surface area contributed by atoms with Crippen molar-refractivity contribution in [2.24, 2.45) is 0 Å². The van der Waals surface area contributed by atoms with Gasteiger partial charge in [-0.2, -0.15) is 0 Å². The molecule has 0 aliphatic carbocycles. The highest BCUT2D eigenvalue weighted by molar-refractivity contribution is 6.31. The third-order valence-corrected chi connectivity index (χ3v) is 5.64. The summed E-state index contributed by atoms with van der Waals surface area (Å²) in [6, 6.07) is 13.3. The fourth-order valence-corrected chi connectivity index (χ4v) is 4.13. The Morgan fingerprint density at radius 1 is 1.15 bits per heavy atom. The molecule has 0 radical (unpaired) electrons. The van der Waals surface area contributed by atoms with E-state index in [1.807, 2.05) is 30.3 Å². The van der Waals surface area contributed by atoms with Gasteiger partial charge in [0.25, 0.3) is 0 Å². The van der Waals surface area contributed by atoms with Crippen LogP contribution in [0.3, 0.4) is 0 Å². The molecule has 0 amide bonds. The fraction of sp³-hybridized carbons (Fsp3) is 0.300. The van der Waals surface area contributed by atoms with Crippen LogP contribution < -0.4 is 9.64 Å². The van der Waals surface area contributed by atoms with E-state index in [9.17, 15) is 4.79 Å². The lowest BCUT2D eigenvalue weighted by molar-refractivity contribution is 0.0230. The number of anilines is 1. The number of hydrogen-bond donors (Lipinski definition) is 1. The molecule has 2 aliphatic rings. The Kier molecular flexibility index (Phi) is 3.47. The first kappa shape index (κ1) is 15.7. The van der Waals surface area contributed by atoms with Gasteiger partial charge in [0.15, 0.2) is 5.78 Å². The number of nitrogens with zero attached hydrogens (tertiary/aromatic N) is 2. The van der Waals surface area contributed by atoms with Gasteiger partial charge in [0, 0.05) is 31.0 Å². The molecule has 1 N–H and O–H groups in total. The van der Waals surface area contributed by atoms with Crippen LogP contribution in [0.1, 0.15) is 29.6 Å². The van der Waals surface area contributed by atoms with Crippen LogP contribution in [0.25, 0.3) is 11.0 Å².